The number of aliphatic carboxylic acids is 1. The third-order valence-electron chi connectivity index (χ3n) is 5.72. The van der Waals surface area contributed by atoms with E-state index in [1.807, 2.05) is 30.3 Å². The minimum absolute atomic E-state index is 0.0457. The van der Waals surface area contributed by atoms with Gasteiger partial charge in [0, 0.05) is 6.54 Å². The van der Waals surface area contributed by atoms with E-state index in [1.165, 1.54) is 21.9 Å². The molecule has 4 rings (SSSR count). The second-order valence-electron chi connectivity index (χ2n) is 7.98. The van der Waals surface area contributed by atoms with Crippen LogP contribution in [0.5, 0.6) is 0 Å². The average Bonchev–Trinajstić information content (AvgIpc) is 2.91. The lowest BCUT2D eigenvalue weighted by atomic mass is 10.1. The van der Waals surface area contributed by atoms with E-state index in [2.05, 4.69) is 0 Å². The predicted octanol–water partition coefficient (Wildman–Crippen LogP) is 3.42. The van der Waals surface area contributed by atoms with Crippen LogP contribution in [0.4, 0.5) is 5.69 Å². The maximum absolute atomic E-state index is 13.7. The van der Waals surface area contributed by atoms with E-state index >= 15 is 0 Å². The molecule has 0 fully saturated rings. The summed E-state index contributed by atoms with van der Waals surface area (Å²) in [5, 5.41) is 18.7. The van der Waals surface area contributed by atoms with Crippen molar-refractivity contribution in [1.82, 2.24) is 4.90 Å². The van der Waals surface area contributed by atoms with Crippen molar-refractivity contribution in [2.45, 2.75) is 25.6 Å². The molecule has 0 radical (unpaired) electrons. The molecular formula is C26H22N2O6. The highest BCUT2D eigenvalue weighted by Gasteiger charge is 2.40. The van der Waals surface area contributed by atoms with Gasteiger partial charge >= 0.3 is 11.9 Å². The Bertz CT molecular complexity index is 1240. The van der Waals surface area contributed by atoms with Gasteiger partial charge in [-0.3, -0.25) is 14.4 Å². The summed E-state index contributed by atoms with van der Waals surface area (Å²) in [6.07, 6.45) is -0.558. The van der Waals surface area contributed by atoms with Gasteiger partial charge in [-0.15, -0.1) is 0 Å². The number of carboxylic acids is 2. The summed E-state index contributed by atoms with van der Waals surface area (Å²) in [6, 6.07) is 20.7. The first-order valence-corrected chi connectivity index (χ1v) is 10.6. The van der Waals surface area contributed by atoms with Crippen molar-refractivity contribution < 1.29 is 29.4 Å². The number of hydrogen-bond donors (Lipinski definition) is 2. The van der Waals surface area contributed by atoms with Gasteiger partial charge in [0.05, 0.1) is 29.8 Å². The van der Waals surface area contributed by atoms with Crippen LogP contribution in [0, 0.1) is 0 Å². The van der Waals surface area contributed by atoms with Gasteiger partial charge in [0.2, 0.25) is 0 Å². The molecule has 0 spiro atoms. The molecule has 172 valence electrons. The molecule has 8 nitrogen and oxygen atoms in total. The van der Waals surface area contributed by atoms with Gasteiger partial charge in [-0.05, 0) is 35.4 Å². The summed E-state index contributed by atoms with van der Waals surface area (Å²) in [5.74, 6) is -3.25. The molecule has 0 aliphatic carbocycles. The zero-order valence-corrected chi connectivity index (χ0v) is 18.1. The Balaban J connectivity index is 1.77. The molecule has 1 atom stereocenters. The van der Waals surface area contributed by atoms with Crippen molar-refractivity contribution in [2.75, 3.05) is 4.90 Å². The van der Waals surface area contributed by atoms with Gasteiger partial charge in [0.15, 0.2) is 0 Å². The van der Waals surface area contributed by atoms with Crippen molar-refractivity contribution in [3.05, 3.63) is 101 Å². The number of anilines is 1. The maximum Gasteiger partial charge on any atom is 0.335 e. The molecule has 0 aromatic heterocycles. The minimum atomic E-state index is -1.24. The highest BCUT2D eigenvalue weighted by Crippen LogP contribution is 2.31. The van der Waals surface area contributed by atoms with E-state index in [1.54, 1.807) is 36.4 Å². The third kappa shape index (κ3) is 4.66. The summed E-state index contributed by atoms with van der Waals surface area (Å²) in [6.45, 7) is 0.136. The second-order valence-corrected chi connectivity index (χ2v) is 7.98. The second kappa shape index (κ2) is 9.58. The SMILES string of the molecule is O=C(O)C[C@H]1C(=O)N(Cc2ccccc2)c2ccccc2C(=O)N1Cc1ccc(C(=O)O)cc1. The van der Waals surface area contributed by atoms with Gasteiger partial charge in [-0.1, -0.05) is 54.6 Å². The van der Waals surface area contributed by atoms with E-state index in [4.69, 9.17) is 5.11 Å². The summed E-state index contributed by atoms with van der Waals surface area (Å²) in [5.41, 5.74) is 2.21. The predicted molar refractivity (Wildman–Crippen MR) is 123 cm³/mol. The maximum atomic E-state index is 13.7. The largest absolute Gasteiger partial charge is 0.481 e. The highest BCUT2D eigenvalue weighted by atomic mass is 16.4. The molecule has 34 heavy (non-hydrogen) atoms. The van der Waals surface area contributed by atoms with Crippen molar-refractivity contribution in [3.8, 4) is 0 Å². The number of amides is 2. The number of aromatic carboxylic acids is 1. The number of carbonyl (C=O) groups excluding carboxylic acids is 2. The summed E-state index contributed by atoms with van der Waals surface area (Å²) < 4.78 is 0. The molecule has 0 saturated carbocycles. The standard InChI is InChI=1S/C26H22N2O6/c29-23(30)14-22-25(32)27(15-17-6-2-1-3-7-17)21-9-5-4-8-20(21)24(31)28(22)16-18-10-12-19(13-11-18)26(33)34/h1-13,22H,14-16H2,(H,29,30)(H,33,34)/t22-/m0/s1. The number of carbonyl (C=O) groups is 4. The number of carboxylic acid groups (broad SMARTS) is 2. The Labute approximate surface area is 195 Å². The smallest absolute Gasteiger partial charge is 0.335 e. The van der Waals surface area contributed by atoms with Gasteiger partial charge in [-0.25, -0.2) is 4.79 Å². The summed E-state index contributed by atoms with van der Waals surface area (Å²) in [7, 11) is 0. The van der Waals surface area contributed by atoms with Crippen LogP contribution in [0.1, 0.15) is 38.3 Å². The number of fused-ring (bicyclic) bond motifs is 1. The van der Waals surface area contributed by atoms with Crippen LogP contribution < -0.4 is 4.90 Å². The van der Waals surface area contributed by atoms with E-state index < -0.39 is 36.2 Å². The van der Waals surface area contributed by atoms with Gasteiger partial charge in [0.25, 0.3) is 11.8 Å². The first kappa shape index (κ1) is 22.7. The first-order chi connectivity index (χ1) is 16.3. The zero-order chi connectivity index (χ0) is 24.2. The molecule has 1 heterocycles. The van der Waals surface area contributed by atoms with Crippen molar-refractivity contribution in [3.63, 3.8) is 0 Å². The number of rotatable bonds is 7. The molecule has 0 saturated heterocycles. The Morgan fingerprint density at radius 1 is 0.765 bits per heavy atom. The topological polar surface area (TPSA) is 115 Å². The van der Waals surface area contributed by atoms with E-state index in [-0.39, 0.29) is 18.7 Å². The fourth-order valence-electron chi connectivity index (χ4n) is 4.04. The molecule has 0 unspecified atom stereocenters. The monoisotopic (exact) mass is 458 g/mol. The van der Waals surface area contributed by atoms with Crippen LogP contribution in [-0.4, -0.2) is 44.9 Å². The quantitative estimate of drug-likeness (QED) is 0.561. The molecule has 3 aromatic rings. The van der Waals surface area contributed by atoms with Gasteiger partial charge in [0.1, 0.15) is 6.04 Å². The normalized spacial score (nSPS) is 15.6. The van der Waals surface area contributed by atoms with Crippen molar-refractivity contribution >= 4 is 29.4 Å². The molecular weight excluding hydrogens is 436 g/mol. The Hall–Kier alpha value is -4.46. The fraction of sp³-hybridized carbons (Fsp3) is 0.154. The molecule has 2 N–H and O–H groups in total. The van der Waals surface area contributed by atoms with Crippen LogP contribution in [0.25, 0.3) is 0 Å². The lowest BCUT2D eigenvalue weighted by molar-refractivity contribution is -0.140. The summed E-state index contributed by atoms with van der Waals surface area (Å²) in [4.78, 5) is 52.9. The zero-order valence-electron chi connectivity index (χ0n) is 18.1. The minimum Gasteiger partial charge on any atom is -0.481 e. The van der Waals surface area contributed by atoms with Crippen LogP contribution in [0.3, 0.4) is 0 Å². The van der Waals surface area contributed by atoms with Crippen LogP contribution in [0.15, 0.2) is 78.9 Å². The number of benzene rings is 3. The number of hydrogen-bond acceptors (Lipinski definition) is 4. The van der Waals surface area contributed by atoms with E-state index in [9.17, 15) is 24.3 Å². The summed E-state index contributed by atoms with van der Waals surface area (Å²) >= 11 is 0. The van der Waals surface area contributed by atoms with Crippen molar-refractivity contribution in [2.24, 2.45) is 0 Å². The average molecular weight is 458 g/mol. The number of nitrogens with zero attached hydrogens (tertiary/aromatic N) is 2. The van der Waals surface area contributed by atoms with Crippen LogP contribution >= 0.6 is 0 Å². The first-order valence-electron chi connectivity index (χ1n) is 10.6. The highest BCUT2D eigenvalue weighted by molar-refractivity contribution is 6.11. The molecule has 8 heteroatoms. The van der Waals surface area contributed by atoms with E-state index in [0.29, 0.717) is 16.8 Å². The molecule has 2 amide bonds. The Morgan fingerprint density at radius 3 is 2.03 bits per heavy atom. The molecule has 1 aliphatic heterocycles. The van der Waals surface area contributed by atoms with Crippen molar-refractivity contribution in [1.29, 1.82) is 0 Å². The third-order valence-corrected chi connectivity index (χ3v) is 5.72. The number of para-hydroxylation sites is 1. The van der Waals surface area contributed by atoms with Gasteiger partial charge in [-0.2, -0.15) is 0 Å². The molecule has 0 bridgehead atoms. The van der Waals surface area contributed by atoms with E-state index in [0.717, 1.165) is 5.56 Å². The van der Waals surface area contributed by atoms with Gasteiger partial charge < -0.3 is 20.0 Å². The lowest BCUT2D eigenvalue weighted by Crippen LogP contribution is -2.49. The Kier molecular flexibility index (Phi) is 6.40. The molecule has 1 aliphatic rings. The fourth-order valence-corrected chi connectivity index (χ4v) is 4.04. The Morgan fingerprint density at radius 2 is 1.38 bits per heavy atom. The lowest BCUT2D eigenvalue weighted by Gasteiger charge is -2.30. The van der Waals surface area contributed by atoms with Crippen LogP contribution in [0.2, 0.25) is 0 Å². The molecule has 3 aromatic carbocycles. The van der Waals surface area contributed by atoms with Crippen LogP contribution in [-0.2, 0) is 22.7 Å².